The lowest BCUT2D eigenvalue weighted by molar-refractivity contribution is -0.116. The number of hydrogen-bond donors (Lipinski definition) is 2. The van der Waals surface area contributed by atoms with Gasteiger partial charge in [-0.1, -0.05) is 6.07 Å². The van der Waals surface area contributed by atoms with Gasteiger partial charge in [-0.3, -0.25) is 4.79 Å². The minimum absolute atomic E-state index is 0.0948. The number of amides is 1. The lowest BCUT2D eigenvalue weighted by Gasteiger charge is -2.07. The quantitative estimate of drug-likeness (QED) is 0.633. The molecule has 2 aromatic carbocycles. The average Bonchev–Trinajstić information content (AvgIpc) is 2.46. The fraction of sp³-hybridized carbons (Fsp3) is 0.188. The highest BCUT2D eigenvalue weighted by molar-refractivity contribution is 5.90. The van der Waals surface area contributed by atoms with Crippen LogP contribution in [0.5, 0.6) is 5.75 Å². The zero-order valence-corrected chi connectivity index (χ0v) is 11.5. The van der Waals surface area contributed by atoms with Crippen LogP contribution in [0, 0.1) is 5.82 Å². The van der Waals surface area contributed by atoms with Crippen LogP contribution < -0.4 is 15.8 Å². The van der Waals surface area contributed by atoms with Crippen molar-refractivity contribution in [3.05, 3.63) is 54.3 Å². The van der Waals surface area contributed by atoms with Gasteiger partial charge in [-0.2, -0.15) is 0 Å². The van der Waals surface area contributed by atoms with E-state index in [-0.39, 0.29) is 11.7 Å². The Labute approximate surface area is 122 Å². The van der Waals surface area contributed by atoms with Crippen LogP contribution in [-0.4, -0.2) is 12.5 Å². The summed E-state index contributed by atoms with van der Waals surface area (Å²) in [6, 6.07) is 12.9. The van der Waals surface area contributed by atoms with E-state index in [1.807, 2.05) is 0 Å². The number of halogens is 1. The lowest BCUT2D eigenvalue weighted by atomic mass is 10.2. The van der Waals surface area contributed by atoms with Crippen LogP contribution in [-0.2, 0) is 4.79 Å². The van der Waals surface area contributed by atoms with Crippen LogP contribution in [0.2, 0.25) is 0 Å². The summed E-state index contributed by atoms with van der Waals surface area (Å²) in [5.74, 6) is 0.0325. The van der Waals surface area contributed by atoms with Crippen molar-refractivity contribution in [3.63, 3.8) is 0 Å². The number of nitrogens with two attached hydrogens (primary N) is 1. The van der Waals surface area contributed by atoms with E-state index in [0.29, 0.717) is 36.6 Å². The highest BCUT2D eigenvalue weighted by Gasteiger charge is 2.03. The van der Waals surface area contributed by atoms with Crippen molar-refractivity contribution in [2.75, 3.05) is 17.7 Å². The molecule has 0 aromatic heterocycles. The molecule has 0 fully saturated rings. The Morgan fingerprint density at radius 3 is 2.67 bits per heavy atom. The molecule has 4 nitrogen and oxygen atoms in total. The van der Waals surface area contributed by atoms with E-state index >= 15 is 0 Å². The highest BCUT2D eigenvalue weighted by atomic mass is 19.1. The second kappa shape index (κ2) is 7.28. The number of hydrogen-bond acceptors (Lipinski definition) is 3. The number of anilines is 2. The van der Waals surface area contributed by atoms with Crippen LogP contribution in [0.25, 0.3) is 0 Å². The van der Waals surface area contributed by atoms with Gasteiger partial charge >= 0.3 is 0 Å². The molecule has 0 atom stereocenters. The molecule has 0 aliphatic heterocycles. The van der Waals surface area contributed by atoms with E-state index in [0.717, 1.165) is 0 Å². The minimum atomic E-state index is -0.339. The summed E-state index contributed by atoms with van der Waals surface area (Å²) in [5, 5.41) is 2.77. The summed E-state index contributed by atoms with van der Waals surface area (Å²) in [4.78, 5) is 11.7. The van der Waals surface area contributed by atoms with Crippen molar-refractivity contribution in [1.82, 2.24) is 0 Å². The Bertz CT molecular complexity index is 599. The number of nitrogens with one attached hydrogen (secondary N) is 1. The van der Waals surface area contributed by atoms with Gasteiger partial charge in [0.15, 0.2) is 0 Å². The van der Waals surface area contributed by atoms with Crippen LogP contribution in [0.4, 0.5) is 15.8 Å². The maximum Gasteiger partial charge on any atom is 0.224 e. The third kappa shape index (κ3) is 5.14. The molecule has 3 N–H and O–H groups in total. The van der Waals surface area contributed by atoms with Crippen molar-refractivity contribution in [2.45, 2.75) is 12.8 Å². The Kier molecular flexibility index (Phi) is 5.15. The summed E-state index contributed by atoms with van der Waals surface area (Å²) >= 11 is 0. The fourth-order valence-corrected chi connectivity index (χ4v) is 1.77. The summed E-state index contributed by atoms with van der Waals surface area (Å²) in [6.07, 6.45) is 0.886. The van der Waals surface area contributed by atoms with Crippen LogP contribution in [0.1, 0.15) is 12.8 Å². The SMILES string of the molecule is Nc1ccc(NC(=O)CCCOc2cccc(F)c2)cc1. The highest BCUT2D eigenvalue weighted by Crippen LogP contribution is 2.13. The van der Waals surface area contributed by atoms with E-state index in [9.17, 15) is 9.18 Å². The molecule has 2 aromatic rings. The van der Waals surface area contributed by atoms with Crippen molar-refractivity contribution >= 4 is 17.3 Å². The van der Waals surface area contributed by atoms with Gasteiger partial charge in [-0.25, -0.2) is 4.39 Å². The largest absolute Gasteiger partial charge is 0.493 e. The molecule has 1 amide bonds. The number of benzene rings is 2. The summed E-state index contributed by atoms with van der Waals surface area (Å²) in [6.45, 7) is 0.360. The molecular formula is C16H17FN2O2. The molecule has 2 rings (SSSR count). The van der Waals surface area contributed by atoms with Gasteiger partial charge in [0.05, 0.1) is 6.61 Å². The molecule has 0 aliphatic carbocycles. The van der Waals surface area contributed by atoms with Crippen molar-refractivity contribution in [2.24, 2.45) is 0 Å². The van der Waals surface area contributed by atoms with E-state index in [1.165, 1.54) is 12.1 Å². The molecule has 0 aliphatic rings. The van der Waals surface area contributed by atoms with Gasteiger partial charge in [0.1, 0.15) is 11.6 Å². The van der Waals surface area contributed by atoms with Gasteiger partial charge in [0.2, 0.25) is 5.91 Å². The Morgan fingerprint density at radius 1 is 1.19 bits per heavy atom. The first-order valence-electron chi connectivity index (χ1n) is 6.67. The molecule has 0 spiro atoms. The first kappa shape index (κ1) is 14.8. The first-order valence-corrected chi connectivity index (χ1v) is 6.67. The Balaban J connectivity index is 1.68. The molecular weight excluding hydrogens is 271 g/mol. The van der Waals surface area contributed by atoms with Gasteiger partial charge in [0.25, 0.3) is 0 Å². The third-order valence-corrected chi connectivity index (χ3v) is 2.81. The lowest BCUT2D eigenvalue weighted by Crippen LogP contribution is -2.12. The molecule has 110 valence electrons. The van der Waals surface area contributed by atoms with Crippen molar-refractivity contribution in [3.8, 4) is 5.75 Å². The smallest absolute Gasteiger partial charge is 0.224 e. The number of ether oxygens (including phenoxy) is 1. The summed E-state index contributed by atoms with van der Waals surface area (Å²) in [7, 11) is 0. The minimum Gasteiger partial charge on any atom is -0.493 e. The molecule has 0 saturated heterocycles. The number of carbonyl (C=O) groups is 1. The Hall–Kier alpha value is -2.56. The Morgan fingerprint density at radius 2 is 1.95 bits per heavy atom. The fourth-order valence-electron chi connectivity index (χ4n) is 1.77. The average molecular weight is 288 g/mol. The second-order valence-corrected chi connectivity index (χ2v) is 4.58. The topological polar surface area (TPSA) is 64.3 Å². The zero-order chi connectivity index (χ0) is 15.1. The van der Waals surface area contributed by atoms with E-state index in [2.05, 4.69) is 5.32 Å². The monoisotopic (exact) mass is 288 g/mol. The first-order chi connectivity index (χ1) is 10.1. The molecule has 0 bridgehead atoms. The second-order valence-electron chi connectivity index (χ2n) is 4.58. The molecule has 0 heterocycles. The number of rotatable bonds is 6. The van der Waals surface area contributed by atoms with Crippen LogP contribution in [0.15, 0.2) is 48.5 Å². The molecule has 0 saturated carbocycles. The predicted molar refractivity (Wildman–Crippen MR) is 80.6 cm³/mol. The van der Waals surface area contributed by atoms with Crippen LogP contribution >= 0.6 is 0 Å². The van der Waals surface area contributed by atoms with Gasteiger partial charge in [-0.05, 0) is 42.8 Å². The maximum atomic E-state index is 12.9. The van der Waals surface area contributed by atoms with E-state index in [1.54, 1.807) is 36.4 Å². The molecule has 0 unspecified atom stereocenters. The van der Waals surface area contributed by atoms with Gasteiger partial charge in [-0.15, -0.1) is 0 Å². The predicted octanol–water partition coefficient (Wildman–Crippen LogP) is 3.21. The summed E-state index contributed by atoms with van der Waals surface area (Å²) < 4.78 is 18.3. The zero-order valence-electron chi connectivity index (χ0n) is 11.5. The van der Waals surface area contributed by atoms with E-state index in [4.69, 9.17) is 10.5 Å². The molecule has 5 heteroatoms. The van der Waals surface area contributed by atoms with E-state index < -0.39 is 0 Å². The number of carbonyl (C=O) groups excluding carboxylic acids is 1. The maximum absolute atomic E-state index is 12.9. The van der Waals surface area contributed by atoms with Crippen molar-refractivity contribution in [1.29, 1.82) is 0 Å². The normalized spacial score (nSPS) is 10.1. The van der Waals surface area contributed by atoms with Crippen molar-refractivity contribution < 1.29 is 13.9 Å². The van der Waals surface area contributed by atoms with Gasteiger partial charge in [0, 0.05) is 23.9 Å². The molecule has 0 radical (unpaired) electrons. The standard InChI is InChI=1S/C16H17FN2O2/c17-12-3-1-4-15(11-12)21-10-2-5-16(20)19-14-8-6-13(18)7-9-14/h1,3-4,6-9,11H,2,5,10,18H2,(H,19,20). The number of nitrogen functional groups attached to an aromatic ring is 1. The molecule has 21 heavy (non-hydrogen) atoms. The van der Waals surface area contributed by atoms with Crippen LogP contribution in [0.3, 0.4) is 0 Å². The summed E-state index contributed by atoms with van der Waals surface area (Å²) in [5.41, 5.74) is 6.92. The third-order valence-electron chi connectivity index (χ3n) is 2.81. The van der Waals surface area contributed by atoms with Gasteiger partial charge < -0.3 is 15.8 Å².